The average Bonchev–Trinajstić information content (AvgIpc) is 3.04. The lowest BCUT2D eigenvalue weighted by molar-refractivity contribution is -0.274. The summed E-state index contributed by atoms with van der Waals surface area (Å²) in [6.07, 6.45) is -6.10. The Morgan fingerprint density at radius 1 is 0.783 bits per heavy atom. The normalized spacial score (nSPS) is 28.2. The van der Waals surface area contributed by atoms with E-state index in [1.807, 2.05) is 12.1 Å². The Bertz CT molecular complexity index is 1150. The maximum Gasteiger partial charge on any atom is 0.155 e. The van der Waals surface area contributed by atoms with Gasteiger partial charge in [-0.25, -0.2) is 0 Å². The summed E-state index contributed by atoms with van der Waals surface area (Å²) in [7, 11) is 0. The first-order chi connectivity index (χ1) is 22.0. The number of fused-ring (bicyclic) bond motifs is 1. The molecule has 2 aromatic carbocycles. The fraction of sp³-hybridized carbons (Fsp3) is 0.706. The van der Waals surface area contributed by atoms with Crippen molar-refractivity contribution in [3.05, 3.63) is 42.0 Å². The lowest BCUT2D eigenvalue weighted by Gasteiger charge is -2.39. The van der Waals surface area contributed by atoms with Crippen molar-refractivity contribution in [3.63, 3.8) is 0 Å². The molecule has 4 rings (SSSR count). The maximum absolute atomic E-state index is 11.0. The molecule has 2 unspecified atom stereocenters. The molecule has 0 radical (unpaired) electrons. The molecule has 2 aliphatic heterocycles. The second-order valence-corrected chi connectivity index (χ2v) is 12.5. The lowest BCUT2D eigenvalue weighted by Crippen LogP contribution is -2.57. The monoisotopic (exact) mass is 651 g/mol. The summed E-state index contributed by atoms with van der Waals surface area (Å²) in [5.41, 5.74) is 1.33. The number of aliphatic hydroxyl groups is 6. The fourth-order valence-corrected chi connectivity index (χ4v) is 5.99. The molecule has 0 bridgehead atoms. The van der Waals surface area contributed by atoms with Crippen LogP contribution in [0, 0.1) is 0 Å². The van der Waals surface area contributed by atoms with Crippen molar-refractivity contribution in [1.82, 2.24) is 4.90 Å². The van der Waals surface area contributed by atoms with Crippen LogP contribution < -0.4 is 4.74 Å². The van der Waals surface area contributed by atoms with Crippen molar-refractivity contribution in [2.45, 2.75) is 114 Å². The number of hydrogen-bond acceptors (Lipinski definition) is 12. The Morgan fingerprint density at radius 2 is 1.35 bits per heavy atom. The van der Waals surface area contributed by atoms with Crippen LogP contribution in [0.1, 0.15) is 52.0 Å². The van der Waals surface area contributed by atoms with Gasteiger partial charge in [-0.15, -0.1) is 0 Å². The smallest absolute Gasteiger partial charge is 0.155 e. The van der Waals surface area contributed by atoms with E-state index in [1.54, 1.807) is 18.7 Å². The Morgan fingerprint density at radius 3 is 1.93 bits per heavy atom. The van der Waals surface area contributed by atoms with Crippen LogP contribution >= 0.6 is 0 Å². The molecule has 260 valence electrons. The summed E-state index contributed by atoms with van der Waals surface area (Å²) in [6, 6.07) is 12.5. The van der Waals surface area contributed by atoms with Crippen LogP contribution in [-0.4, -0.2) is 136 Å². The van der Waals surface area contributed by atoms with E-state index in [2.05, 4.69) is 31.2 Å². The van der Waals surface area contributed by atoms with Crippen LogP contribution in [-0.2, 0) is 25.4 Å². The van der Waals surface area contributed by atoms with Gasteiger partial charge >= 0.3 is 0 Å². The first kappa shape index (κ1) is 36.9. The van der Waals surface area contributed by atoms with E-state index in [0.717, 1.165) is 22.9 Å². The van der Waals surface area contributed by atoms with E-state index < -0.39 is 61.4 Å². The van der Waals surface area contributed by atoms with Crippen molar-refractivity contribution in [1.29, 1.82) is 0 Å². The number of ether oxygens (including phenoxy) is 5. The molecule has 0 saturated carbocycles. The van der Waals surface area contributed by atoms with E-state index in [1.165, 1.54) is 24.8 Å². The van der Waals surface area contributed by atoms with E-state index in [-0.39, 0.29) is 26.3 Å². The molecule has 2 saturated heterocycles. The van der Waals surface area contributed by atoms with Crippen molar-refractivity contribution in [2.24, 2.45) is 0 Å². The molecule has 2 aliphatic rings. The zero-order valence-electron chi connectivity index (χ0n) is 27.2. The third-order valence-electron chi connectivity index (χ3n) is 8.64. The molecule has 2 fully saturated rings. The van der Waals surface area contributed by atoms with Gasteiger partial charge < -0.3 is 54.3 Å². The predicted molar refractivity (Wildman–Crippen MR) is 170 cm³/mol. The van der Waals surface area contributed by atoms with Gasteiger partial charge in [0, 0.05) is 19.6 Å². The van der Waals surface area contributed by atoms with Gasteiger partial charge in [0.1, 0.15) is 42.4 Å². The Kier molecular flexibility index (Phi) is 14.4. The summed E-state index contributed by atoms with van der Waals surface area (Å²) in [6.45, 7) is 5.87. The first-order valence-corrected chi connectivity index (χ1v) is 16.6. The molecule has 0 aromatic heterocycles. The Balaban J connectivity index is 1.36. The highest BCUT2D eigenvalue weighted by Gasteiger charge is 2.40. The molecule has 0 aliphatic carbocycles. The topological polar surface area (TPSA) is 171 Å². The van der Waals surface area contributed by atoms with Crippen LogP contribution in [0.3, 0.4) is 0 Å². The molecule has 12 nitrogen and oxygen atoms in total. The van der Waals surface area contributed by atoms with Gasteiger partial charge in [-0.2, -0.15) is 0 Å². The Hall–Kier alpha value is -1.94. The summed E-state index contributed by atoms with van der Waals surface area (Å²) in [5, 5.41) is 66.4. The number of nitrogens with zero attached hydrogens (tertiary/aromatic N) is 1. The van der Waals surface area contributed by atoms with Crippen molar-refractivity contribution in [2.75, 3.05) is 39.5 Å². The number of benzene rings is 2. The lowest BCUT2D eigenvalue weighted by atomic mass is 10.00. The number of unbranched alkanes of at least 4 members (excludes halogenated alkanes) is 2. The maximum atomic E-state index is 11.0. The summed E-state index contributed by atoms with van der Waals surface area (Å²) >= 11 is 0. The quantitative estimate of drug-likeness (QED) is 0.136. The summed E-state index contributed by atoms with van der Waals surface area (Å²) in [4.78, 5) is 1.69. The van der Waals surface area contributed by atoms with E-state index in [9.17, 15) is 30.6 Å². The number of rotatable bonds is 17. The molecule has 2 aromatic rings. The van der Waals surface area contributed by atoms with Crippen molar-refractivity contribution in [3.8, 4) is 5.75 Å². The van der Waals surface area contributed by atoms with Crippen LogP contribution in [0.2, 0.25) is 0 Å². The molecule has 0 amide bonds. The minimum absolute atomic E-state index is 0.0394. The SMILES string of the molecule is CCCCCc1ccc2cc(OCCCN(C[C@H](O)[C@@H](O)[C@@H]3OC(C)OC[C@H]3O)C[C@H](O)[C@@H](O)[C@@H]3OC(C)OC[C@H]3O)ccc2c1. The van der Waals surface area contributed by atoms with Crippen LogP contribution in [0.5, 0.6) is 5.75 Å². The molecule has 2 heterocycles. The minimum Gasteiger partial charge on any atom is -0.494 e. The van der Waals surface area contributed by atoms with Gasteiger partial charge in [-0.05, 0) is 61.6 Å². The summed E-state index contributed by atoms with van der Waals surface area (Å²) < 4.78 is 27.6. The second-order valence-electron chi connectivity index (χ2n) is 12.5. The zero-order chi connectivity index (χ0) is 33.2. The molecular formula is C34H53NO11. The number of aryl methyl sites for hydroxylation is 1. The number of aliphatic hydroxyl groups excluding tert-OH is 6. The van der Waals surface area contributed by atoms with Gasteiger partial charge in [-0.3, -0.25) is 4.90 Å². The second kappa shape index (κ2) is 18.0. The average molecular weight is 652 g/mol. The third-order valence-corrected chi connectivity index (χ3v) is 8.64. The zero-order valence-corrected chi connectivity index (χ0v) is 27.2. The molecule has 10 atom stereocenters. The Labute approximate surface area is 271 Å². The molecule has 0 spiro atoms. The molecule has 46 heavy (non-hydrogen) atoms. The molecular weight excluding hydrogens is 598 g/mol. The van der Waals surface area contributed by atoms with Crippen molar-refractivity contribution >= 4 is 10.8 Å². The largest absolute Gasteiger partial charge is 0.494 e. The number of hydrogen-bond donors (Lipinski definition) is 6. The van der Waals surface area contributed by atoms with Crippen LogP contribution in [0.4, 0.5) is 0 Å². The molecule has 12 heteroatoms. The van der Waals surface area contributed by atoms with Crippen LogP contribution in [0.15, 0.2) is 36.4 Å². The highest BCUT2D eigenvalue weighted by atomic mass is 16.7. The highest BCUT2D eigenvalue weighted by molar-refractivity contribution is 5.84. The fourth-order valence-electron chi connectivity index (χ4n) is 5.99. The summed E-state index contributed by atoms with van der Waals surface area (Å²) in [5.74, 6) is 0.725. The highest BCUT2D eigenvalue weighted by Crippen LogP contribution is 2.24. The standard InChI is InChI=1S/C34H53NO11/c1-4-5-6-8-23-9-10-25-16-26(12-11-24(25)15-23)42-14-7-13-35(17-27(36)31(40)33-29(38)19-43-21(2)45-33)18-28(37)32(41)34-30(39)20-44-22(3)46-34/h9-12,15-16,21-22,27-34,36-41H,4-8,13-14,17-20H2,1-3H3/t21?,22?,27-,28-,29+,30+,31+,32+,33+,34+/m0/s1. The van der Waals surface area contributed by atoms with Gasteiger partial charge in [0.25, 0.3) is 0 Å². The first-order valence-electron chi connectivity index (χ1n) is 16.6. The van der Waals surface area contributed by atoms with E-state index in [0.29, 0.717) is 19.6 Å². The minimum atomic E-state index is -1.44. The van der Waals surface area contributed by atoms with Gasteiger partial charge in [-0.1, -0.05) is 44.0 Å². The molecule has 6 N–H and O–H groups in total. The van der Waals surface area contributed by atoms with E-state index >= 15 is 0 Å². The van der Waals surface area contributed by atoms with Gasteiger partial charge in [0.05, 0.1) is 32.0 Å². The van der Waals surface area contributed by atoms with Gasteiger partial charge in [0.2, 0.25) is 0 Å². The van der Waals surface area contributed by atoms with E-state index in [4.69, 9.17) is 23.7 Å². The third kappa shape index (κ3) is 10.5. The van der Waals surface area contributed by atoms with Crippen molar-refractivity contribution < 1.29 is 54.3 Å². The van der Waals surface area contributed by atoms with Gasteiger partial charge in [0.15, 0.2) is 12.6 Å². The van der Waals surface area contributed by atoms with Crippen LogP contribution in [0.25, 0.3) is 10.8 Å². The predicted octanol–water partition coefficient (Wildman–Crippen LogP) is 1.33.